The number of carbonyl (C=O) groups is 1. The number of halogens is 1. The predicted octanol–water partition coefficient (Wildman–Crippen LogP) is -0.710. The molecule has 1 heterocycles. The highest BCUT2D eigenvalue weighted by molar-refractivity contribution is 5.83. The smallest absolute Gasteiger partial charge is 0.273 e. The van der Waals surface area contributed by atoms with Crippen molar-refractivity contribution in [2.45, 2.75) is 6.42 Å². The maximum Gasteiger partial charge on any atom is 0.342 e. The summed E-state index contributed by atoms with van der Waals surface area (Å²) in [5, 5.41) is 9.02. The van der Waals surface area contributed by atoms with Gasteiger partial charge in [0, 0.05) is 5.56 Å². The third-order valence-electron chi connectivity index (χ3n) is 2.41. The monoisotopic (exact) mass is 291 g/mol. The molecule has 1 aromatic heterocycles. The first-order valence-corrected chi connectivity index (χ1v) is 5.80. The van der Waals surface area contributed by atoms with Crippen LogP contribution in [0.5, 0.6) is 0 Å². The Kier molecular flexibility index (Phi) is 4.34. The van der Waals surface area contributed by atoms with Crippen molar-refractivity contribution >= 4 is 12.1 Å². The summed E-state index contributed by atoms with van der Waals surface area (Å²) in [5.41, 5.74) is 0.655. The van der Waals surface area contributed by atoms with Gasteiger partial charge in [-0.15, -0.1) is 0 Å². The number of hydrogen-bond donors (Lipinski definition) is 3. The Hall–Kier alpha value is -3.10. The molecule has 0 saturated heterocycles. The van der Waals surface area contributed by atoms with Gasteiger partial charge in [-0.1, -0.05) is 18.2 Å². The average molecular weight is 291 g/mol. The fourth-order valence-electron chi connectivity index (χ4n) is 1.44. The Bertz CT molecular complexity index is 796. The number of aromatic nitrogens is 3. The average Bonchev–Trinajstić information content (AvgIpc) is 2.44. The molecule has 3 N–H and O–H groups in total. The summed E-state index contributed by atoms with van der Waals surface area (Å²) in [5.74, 6) is -1.11. The number of nitrogens with one attached hydrogen (secondary N) is 3. The van der Waals surface area contributed by atoms with Crippen LogP contribution in [0.4, 0.5) is 4.39 Å². The molecule has 1 amide bonds. The van der Waals surface area contributed by atoms with Gasteiger partial charge in [-0.25, -0.2) is 19.7 Å². The van der Waals surface area contributed by atoms with E-state index >= 15 is 0 Å². The van der Waals surface area contributed by atoms with E-state index in [9.17, 15) is 18.8 Å². The zero-order valence-corrected chi connectivity index (χ0v) is 10.6. The first-order chi connectivity index (χ1) is 10.1. The largest absolute Gasteiger partial charge is 0.342 e. The van der Waals surface area contributed by atoms with Crippen molar-refractivity contribution in [3.63, 3.8) is 0 Å². The van der Waals surface area contributed by atoms with Crippen LogP contribution in [-0.4, -0.2) is 27.3 Å². The maximum atomic E-state index is 13.3. The Morgan fingerprint density at radius 2 is 2.14 bits per heavy atom. The van der Waals surface area contributed by atoms with Crippen LogP contribution in [0, 0.1) is 5.82 Å². The standard InChI is InChI=1S/C12H10FN5O3/c13-8-4-2-1-3-7(8)6-14-17-10(19)5-9-11(20)15-12(21)18-16-9/h1-4,6H,5H2,(H,17,19)(H2,15,18,20,21). The van der Waals surface area contributed by atoms with Gasteiger partial charge in [0.2, 0.25) is 5.91 Å². The highest BCUT2D eigenvalue weighted by Gasteiger charge is 2.08. The Balaban J connectivity index is 1.98. The Labute approximate surface area is 116 Å². The minimum Gasteiger partial charge on any atom is -0.273 e. The van der Waals surface area contributed by atoms with Crippen molar-refractivity contribution in [2.75, 3.05) is 0 Å². The van der Waals surface area contributed by atoms with E-state index in [1.807, 2.05) is 10.1 Å². The summed E-state index contributed by atoms with van der Waals surface area (Å²) >= 11 is 0. The lowest BCUT2D eigenvalue weighted by molar-refractivity contribution is -0.120. The van der Waals surface area contributed by atoms with Gasteiger partial charge < -0.3 is 0 Å². The molecule has 0 bridgehead atoms. The van der Waals surface area contributed by atoms with Gasteiger partial charge in [0.1, 0.15) is 11.5 Å². The van der Waals surface area contributed by atoms with Gasteiger partial charge in [0.05, 0.1) is 12.6 Å². The van der Waals surface area contributed by atoms with Gasteiger partial charge in [-0.05, 0) is 6.07 Å². The molecule has 0 saturated carbocycles. The first kappa shape index (κ1) is 14.3. The molecule has 0 radical (unpaired) electrons. The Morgan fingerprint density at radius 1 is 1.38 bits per heavy atom. The number of hydrogen-bond acceptors (Lipinski definition) is 5. The van der Waals surface area contributed by atoms with Gasteiger partial charge in [-0.2, -0.15) is 10.2 Å². The summed E-state index contributed by atoms with van der Waals surface area (Å²) < 4.78 is 13.3. The minimum atomic E-state index is -0.762. The molecule has 0 aliphatic heterocycles. The van der Waals surface area contributed by atoms with Gasteiger partial charge in [0.15, 0.2) is 0 Å². The van der Waals surface area contributed by atoms with E-state index in [1.165, 1.54) is 18.2 Å². The van der Waals surface area contributed by atoms with Crippen molar-refractivity contribution in [2.24, 2.45) is 5.10 Å². The fourth-order valence-corrected chi connectivity index (χ4v) is 1.44. The van der Waals surface area contributed by atoms with Gasteiger partial charge in [-0.3, -0.25) is 14.6 Å². The fraction of sp³-hybridized carbons (Fsp3) is 0.0833. The second-order valence-electron chi connectivity index (χ2n) is 3.95. The molecular formula is C12H10FN5O3. The number of rotatable bonds is 4. The zero-order chi connectivity index (χ0) is 15.2. The van der Waals surface area contributed by atoms with Crippen LogP contribution in [-0.2, 0) is 11.2 Å². The number of hydrazone groups is 1. The number of aromatic amines is 2. The topological polar surface area (TPSA) is 120 Å². The molecule has 8 nitrogen and oxygen atoms in total. The lowest BCUT2D eigenvalue weighted by Crippen LogP contribution is -2.31. The van der Waals surface area contributed by atoms with E-state index in [4.69, 9.17) is 0 Å². The van der Waals surface area contributed by atoms with E-state index in [2.05, 4.69) is 15.6 Å². The van der Waals surface area contributed by atoms with E-state index < -0.39 is 23.0 Å². The molecule has 0 unspecified atom stereocenters. The highest BCUT2D eigenvalue weighted by atomic mass is 19.1. The quantitative estimate of drug-likeness (QED) is 0.509. The highest BCUT2D eigenvalue weighted by Crippen LogP contribution is 2.02. The SMILES string of the molecule is O=C(Cc1n[nH]c(=O)[nH]c1=O)NN=Cc1ccccc1F. The summed E-state index contributed by atoms with van der Waals surface area (Å²) in [6, 6.07) is 5.89. The number of nitrogens with zero attached hydrogens (tertiary/aromatic N) is 2. The van der Waals surface area contributed by atoms with Crippen LogP contribution in [0.25, 0.3) is 0 Å². The van der Waals surface area contributed by atoms with Crippen LogP contribution in [0.2, 0.25) is 0 Å². The molecule has 2 aromatic rings. The van der Waals surface area contributed by atoms with Crippen molar-refractivity contribution in [3.05, 3.63) is 62.2 Å². The zero-order valence-electron chi connectivity index (χ0n) is 10.6. The van der Waals surface area contributed by atoms with E-state index in [-0.39, 0.29) is 17.7 Å². The molecule has 0 aliphatic rings. The number of amides is 1. The van der Waals surface area contributed by atoms with Crippen molar-refractivity contribution in [1.29, 1.82) is 0 Å². The third kappa shape index (κ3) is 3.93. The van der Waals surface area contributed by atoms with Crippen molar-refractivity contribution in [3.8, 4) is 0 Å². The molecule has 9 heteroatoms. The van der Waals surface area contributed by atoms with Crippen LogP contribution in [0.1, 0.15) is 11.3 Å². The van der Waals surface area contributed by atoms with Crippen LogP contribution in [0.3, 0.4) is 0 Å². The molecule has 0 atom stereocenters. The summed E-state index contributed by atoms with van der Waals surface area (Å²) in [6.45, 7) is 0. The molecule has 2 rings (SSSR count). The molecule has 0 aliphatic carbocycles. The molecule has 0 spiro atoms. The second kappa shape index (κ2) is 6.37. The normalized spacial score (nSPS) is 10.7. The van der Waals surface area contributed by atoms with Crippen LogP contribution >= 0.6 is 0 Å². The number of carbonyl (C=O) groups excluding carboxylic acids is 1. The van der Waals surface area contributed by atoms with Crippen molar-refractivity contribution < 1.29 is 9.18 Å². The molecule has 1 aromatic carbocycles. The molecule has 108 valence electrons. The molecular weight excluding hydrogens is 281 g/mol. The Morgan fingerprint density at radius 3 is 2.86 bits per heavy atom. The molecule has 21 heavy (non-hydrogen) atoms. The summed E-state index contributed by atoms with van der Waals surface area (Å²) in [4.78, 5) is 35.5. The van der Waals surface area contributed by atoms with E-state index in [1.54, 1.807) is 6.07 Å². The lowest BCUT2D eigenvalue weighted by Gasteiger charge is -1.98. The third-order valence-corrected chi connectivity index (χ3v) is 2.41. The van der Waals surface area contributed by atoms with Crippen LogP contribution < -0.4 is 16.7 Å². The first-order valence-electron chi connectivity index (χ1n) is 5.80. The second-order valence-corrected chi connectivity index (χ2v) is 3.95. The van der Waals surface area contributed by atoms with E-state index in [0.717, 1.165) is 6.21 Å². The van der Waals surface area contributed by atoms with Gasteiger partial charge in [0.25, 0.3) is 5.56 Å². The number of H-pyrrole nitrogens is 2. The van der Waals surface area contributed by atoms with E-state index in [0.29, 0.717) is 0 Å². The maximum absolute atomic E-state index is 13.3. The lowest BCUT2D eigenvalue weighted by atomic mass is 10.2. The summed E-state index contributed by atoms with van der Waals surface area (Å²) in [7, 11) is 0. The summed E-state index contributed by atoms with van der Waals surface area (Å²) in [6.07, 6.45) is 0.762. The molecule has 0 fully saturated rings. The van der Waals surface area contributed by atoms with Gasteiger partial charge >= 0.3 is 5.69 Å². The number of benzene rings is 1. The van der Waals surface area contributed by atoms with Crippen molar-refractivity contribution in [1.82, 2.24) is 20.6 Å². The predicted molar refractivity (Wildman–Crippen MR) is 71.3 cm³/mol. The van der Waals surface area contributed by atoms with Crippen LogP contribution in [0.15, 0.2) is 39.0 Å². The minimum absolute atomic E-state index is 0.159.